The van der Waals surface area contributed by atoms with Crippen LogP contribution in [0.25, 0.3) is 6.08 Å². The molecule has 0 heterocycles. The van der Waals surface area contributed by atoms with Crippen molar-refractivity contribution in [1.82, 2.24) is 0 Å². The summed E-state index contributed by atoms with van der Waals surface area (Å²) in [6.45, 7) is 4.38. The van der Waals surface area contributed by atoms with Gasteiger partial charge in [-0.15, -0.1) is 0 Å². The van der Waals surface area contributed by atoms with Crippen LogP contribution in [0.2, 0.25) is 0 Å². The normalized spacial score (nSPS) is 11.0. The third kappa shape index (κ3) is 5.49. The molecule has 0 aliphatic heterocycles. The lowest BCUT2D eigenvalue weighted by atomic mass is 10.1. The highest BCUT2D eigenvalue weighted by molar-refractivity contribution is 5.98. The molecule has 0 aliphatic rings. The molecule has 0 spiro atoms. The number of carbonyl (C=O) groups is 1. The van der Waals surface area contributed by atoms with E-state index in [2.05, 4.69) is 0 Å². The third-order valence-electron chi connectivity index (χ3n) is 2.95. The van der Waals surface area contributed by atoms with Crippen molar-refractivity contribution < 1.29 is 19.0 Å². The van der Waals surface area contributed by atoms with E-state index in [0.717, 1.165) is 6.42 Å². The predicted octanol–water partition coefficient (Wildman–Crippen LogP) is 3.20. The van der Waals surface area contributed by atoms with E-state index in [0.29, 0.717) is 29.6 Å². The second kappa shape index (κ2) is 8.73. The van der Waals surface area contributed by atoms with Crippen molar-refractivity contribution >= 4 is 12.0 Å². The van der Waals surface area contributed by atoms with Crippen LogP contribution in [-0.4, -0.2) is 26.8 Å². The molecule has 22 heavy (non-hydrogen) atoms. The fourth-order valence-corrected chi connectivity index (χ4v) is 1.68. The van der Waals surface area contributed by atoms with Gasteiger partial charge in [0.05, 0.1) is 20.8 Å². The SMILES string of the molecule is COc1cc(C=C(C#N)C(=O)OCCC(C)C)cc(OC)c1. The second-order valence-electron chi connectivity index (χ2n) is 5.13. The van der Waals surface area contributed by atoms with Crippen LogP contribution in [0.1, 0.15) is 25.8 Å². The fourth-order valence-electron chi connectivity index (χ4n) is 1.68. The van der Waals surface area contributed by atoms with Crippen molar-refractivity contribution in [2.45, 2.75) is 20.3 Å². The summed E-state index contributed by atoms with van der Waals surface area (Å²) >= 11 is 0. The Morgan fingerprint density at radius 3 is 2.27 bits per heavy atom. The van der Waals surface area contributed by atoms with Gasteiger partial charge in [-0.2, -0.15) is 5.26 Å². The van der Waals surface area contributed by atoms with Gasteiger partial charge < -0.3 is 14.2 Å². The maximum Gasteiger partial charge on any atom is 0.348 e. The summed E-state index contributed by atoms with van der Waals surface area (Å²) in [4.78, 5) is 11.9. The monoisotopic (exact) mass is 303 g/mol. The van der Waals surface area contributed by atoms with Crippen LogP contribution < -0.4 is 9.47 Å². The lowest BCUT2D eigenvalue weighted by Crippen LogP contribution is -2.09. The van der Waals surface area contributed by atoms with Crippen LogP contribution in [0, 0.1) is 17.2 Å². The number of ether oxygens (including phenoxy) is 3. The summed E-state index contributed by atoms with van der Waals surface area (Å²) in [6.07, 6.45) is 2.22. The first kappa shape index (κ1) is 17.6. The van der Waals surface area contributed by atoms with E-state index in [1.807, 2.05) is 19.9 Å². The number of benzene rings is 1. The molecule has 1 rings (SSSR count). The van der Waals surface area contributed by atoms with Crippen molar-refractivity contribution in [2.75, 3.05) is 20.8 Å². The minimum Gasteiger partial charge on any atom is -0.497 e. The summed E-state index contributed by atoms with van der Waals surface area (Å²) in [5, 5.41) is 9.14. The van der Waals surface area contributed by atoms with Gasteiger partial charge in [0.1, 0.15) is 23.1 Å². The molecule has 0 fully saturated rings. The Hall–Kier alpha value is -2.48. The molecule has 0 aliphatic carbocycles. The molecule has 0 saturated heterocycles. The maximum absolute atomic E-state index is 11.9. The Labute approximate surface area is 131 Å². The smallest absolute Gasteiger partial charge is 0.348 e. The first-order valence-corrected chi connectivity index (χ1v) is 7.02. The van der Waals surface area contributed by atoms with Gasteiger partial charge in [-0.3, -0.25) is 0 Å². The van der Waals surface area contributed by atoms with Crippen LogP contribution in [0.5, 0.6) is 11.5 Å². The van der Waals surface area contributed by atoms with Crippen molar-refractivity contribution in [3.8, 4) is 17.6 Å². The molecule has 1 aromatic rings. The van der Waals surface area contributed by atoms with Crippen LogP contribution in [0.15, 0.2) is 23.8 Å². The molecule has 0 radical (unpaired) electrons. The lowest BCUT2D eigenvalue weighted by Gasteiger charge is -2.07. The zero-order valence-electron chi connectivity index (χ0n) is 13.4. The first-order chi connectivity index (χ1) is 10.5. The summed E-state index contributed by atoms with van der Waals surface area (Å²) in [5.41, 5.74) is 0.577. The highest BCUT2D eigenvalue weighted by Crippen LogP contribution is 2.24. The van der Waals surface area contributed by atoms with Gasteiger partial charge >= 0.3 is 5.97 Å². The molecular formula is C17H21NO4. The molecule has 5 heteroatoms. The predicted molar refractivity (Wildman–Crippen MR) is 83.6 cm³/mol. The van der Waals surface area contributed by atoms with Gasteiger partial charge in [0, 0.05) is 6.07 Å². The third-order valence-corrected chi connectivity index (χ3v) is 2.95. The Balaban J connectivity index is 2.92. The molecule has 1 aromatic carbocycles. The van der Waals surface area contributed by atoms with E-state index in [1.54, 1.807) is 18.2 Å². The van der Waals surface area contributed by atoms with Crippen molar-refractivity contribution in [3.63, 3.8) is 0 Å². The highest BCUT2D eigenvalue weighted by atomic mass is 16.5. The first-order valence-electron chi connectivity index (χ1n) is 7.02. The van der Waals surface area contributed by atoms with Gasteiger partial charge in [0.25, 0.3) is 0 Å². The van der Waals surface area contributed by atoms with Gasteiger partial charge in [0.2, 0.25) is 0 Å². The molecule has 0 aromatic heterocycles. The number of esters is 1. The van der Waals surface area contributed by atoms with E-state index in [9.17, 15) is 4.79 Å². The van der Waals surface area contributed by atoms with Gasteiger partial charge in [0.15, 0.2) is 0 Å². The standard InChI is InChI=1S/C17H21NO4/c1-12(2)5-6-22-17(19)14(11-18)7-13-8-15(20-3)10-16(9-13)21-4/h7-10,12H,5-6H2,1-4H3. The lowest BCUT2D eigenvalue weighted by molar-refractivity contribution is -0.138. The van der Waals surface area contributed by atoms with Crippen LogP contribution in [0.4, 0.5) is 0 Å². The average Bonchev–Trinajstić information content (AvgIpc) is 2.51. The van der Waals surface area contributed by atoms with Crippen molar-refractivity contribution in [2.24, 2.45) is 5.92 Å². The molecule has 0 amide bonds. The second-order valence-corrected chi connectivity index (χ2v) is 5.13. The Morgan fingerprint density at radius 1 is 1.23 bits per heavy atom. The van der Waals surface area contributed by atoms with Gasteiger partial charge in [-0.05, 0) is 36.1 Å². The van der Waals surface area contributed by atoms with Crippen LogP contribution in [0.3, 0.4) is 0 Å². The number of hydrogen-bond acceptors (Lipinski definition) is 5. The Bertz CT molecular complexity index is 563. The molecule has 0 saturated carbocycles. The molecular weight excluding hydrogens is 282 g/mol. The number of methoxy groups -OCH3 is 2. The molecule has 5 nitrogen and oxygen atoms in total. The number of hydrogen-bond donors (Lipinski definition) is 0. The molecule has 0 N–H and O–H groups in total. The van der Waals surface area contributed by atoms with E-state index in [1.165, 1.54) is 20.3 Å². The molecule has 118 valence electrons. The van der Waals surface area contributed by atoms with Gasteiger partial charge in [-0.25, -0.2) is 4.79 Å². The molecule has 0 atom stereocenters. The largest absolute Gasteiger partial charge is 0.497 e. The van der Waals surface area contributed by atoms with E-state index < -0.39 is 5.97 Å². The van der Waals surface area contributed by atoms with Crippen molar-refractivity contribution in [3.05, 3.63) is 29.3 Å². The zero-order chi connectivity index (χ0) is 16.5. The van der Waals surface area contributed by atoms with E-state index in [-0.39, 0.29) is 5.57 Å². The Morgan fingerprint density at radius 2 is 1.82 bits per heavy atom. The summed E-state index contributed by atoms with van der Waals surface area (Å²) in [6, 6.07) is 7.00. The van der Waals surface area contributed by atoms with E-state index in [4.69, 9.17) is 19.5 Å². The van der Waals surface area contributed by atoms with Crippen molar-refractivity contribution in [1.29, 1.82) is 5.26 Å². The fraction of sp³-hybridized carbons (Fsp3) is 0.412. The average molecular weight is 303 g/mol. The summed E-state index contributed by atoms with van der Waals surface area (Å²) in [5.74, 6) is 0.974. The number of carbonyl (C=O) groups excluding carboxylic acids is 1. The van der Waals surface area contributed by atoms with E-state index >= 15 is 0 Å². The quantitative estimate of drug-likeness (QED) is 0.439. The topological polar surface area (TPSA) is 68.5 Å². The summed E-state index contributed by atoms with van der Waals surface area (Å²) in [7, 11) is 3.07. The highest BCUT2D eigenvalue weighted by Gasteiger charge is 2.12. The maximum atomic E-state index is 11.9. The number of nitriles is 1. The zero-order valence-corrected chi connectivity index (χ0v) is 13.4. The van der Waals surface area contributed by atoms with Crippen LogP contribution in [-0.2, 0) is 9.53 Å². The minimum atomic E-state index is -0.620. The molecule has 0 unspecified atom stereocenters. The molecule has 0 bridgehead atoms. The Kier molecular flexibility index (Phi) is 6.97. The summed E-state index contributed by atoms with van der Waals surface area (Å²) < 4.78 is 15.4. The minimum absolute atomic E-state index is 0.0564. The van der Waals surface area contributed by atoms with Gasteiger partial charge in [-0.1, -0.05) is 13.8 Å². The number of rotatable bonds is 7. The van der Waals surface area contributed by atoms with Crippen LogP contribution >= 0.6 is 0 Å². The number of nitrogens with zero attached hydrogens (tertiary/aromatic N) is 1.